The molecule has 3 atom stereocenters. The predicted molar refractivity (Wildman–Crippen MR) is 98.7 cm³/mol. The Balaban J connectivity index is 1.58. The van der Waals surface area contributed by atoms with Crippen LogP contribution in [0.25, 0.3) is 0 Å². The van der Waals surface area contributed by atoms with E-state index in [-0.39, 0.29) is 0 Å². The summed E-state index contributed by atoms with van der Waals surface area (Å²) in [5.41, 5.74) is 8.12. The molecule has 2 aromatic rings. The van der Waals surface area contributed by atoms with Crippen LogP contribution in [0, 0.1) is 18.8 Å². The number of aryl methyl sites for hydroxylation is 1. The zero-order chi connectivity index (χ0) is 17.6. The van der Waals surface area contributed by atoms with E-state index in [0.717, 1.165) is 36.9 Å². The van der Waals surface area contributed by atoms with Gasteiger partial charge < -0.3 is 15.4 Å². The van der Waals surface area contributed by atoms with E-state index in [1.54, 1.807) is 7.11 Å². The lowest BCUT2D eigenvalue weighted by Crippen LogP contribution is -2.29. The van der Waals surface area contributed by atoms with Crippen LogP contribution >= 0.6 is 0 Å². The van der Waals surface area contributed by atoms with Crippen molar-refractivity contribution >= 4 is 11.8 Å². The van der Waals surface area contributed by atoms with Crippen molar-refractivity contribution in [1.29, 1.82) is 0 Å². The number of nitrogen functional groups attached to an aromatic ring is 1. The first-order chi connectivity index (χ1) is 12.0. The number of methoxy groups -OCH3 is 1. The molecule has 1 aromatic heterocycles. The van der Waals surface area contributed by atoms with Gasteiger partial charge >= 0.3 is 0 Å². The van der Waals surface area contributed by atoms with E-state index in [9.17, 15) is 0 Å². The van der Waals surface area contributed by atoms with Gasteiger partial charge in [0.25, 0.3) is 0 Å². The van der Waals surface area contributed by atoms with E-state index in [2.05, 4.69) is 51.1 Å². The lowest BCUT2D eigenvalue weighted by Gasteiger charge is -2.27. The summed E-state index contributed by atoms with van der Waals surface area (Å²) in [7, 11) is 3.93. The Hall–Kier alpha value is -2.34. The van der Waals surface area contributed by atoms with E-state index < -0.39 is 0 Å². The SMILES string of the molecule is COc1ccc([C@H]2[C@@H]3CN(c4cc(C)nc(N)n4)C[C@@H]3CN2C)cc1. The molecule has 0 aliphatic carbocycles. The Morgan fingerprint density at radius 3 is 2.56 bits per heavy atom. The van der Waals surface area contributed by atoms with Crippen LogP contribution in [0.2, 0.25) is 0 Å². The third-order valence-electron chi connectivity index (χ3n) is 5.53. The molecule has 25 heavy (non-hydrogen) atoms. The summed E-state index contributed by atoms with van der Waals surface area (Å²) in [5.74, 6) is 3.45. The molecule has 2 fully saturated rings. The van der Waals surface area contributed by atoms with Crippen molar-refractivity contribution in [3.05, 3.63) is 41.6 Å². The molecule has 2 aliphatic rings. The van der Waals surface area contributed by atoms with Gasteiger partial charge in [-0.3, -0.25) is 4.90 Å². The highest BCUT2D eigenvalue weighted by Gasteiger charge is 2.46. The van der Waals surface area contributed by atoms with Crippen molar-refractivity contribution in [2.45, 2.75) is 13.0 Å². The van der Waals surface area contributed by atoms with E-state index in [0.29, 0.717) is 23.8 Å². The van der Waals surface area contributed by atoms with Crippen molar-refractivity contribution < 1.29 is 4.74 Å². The minimum Gasteiger partial charge on any atom is -0.497 e. The van der Waals surface area contributed by atoms with E-state index in [1.807, 2.05) is 13.0 Å². The van der Waals surface area contributed by atoms with Crippen molar-refractivity contribution in [3.8, 4) is 5.75 Å². The number of nitrogens with zero attached hydrogens (tertiary/aromatic N) is 4. The number of ether oxygens (including phenoxy) is 1. The predicted octanol–water partition coefficient (Wildman–Crippen LogP) is 2.11. The Kier molecular flexibility index (Phi) is 4.00. The fourth-order valence-corrected chi connectivity index (χ4v) is 4.48. The smallest absolute Gasteiger partial charge is 0.222 e. The second kappa shape index (κ2) is 6.19. The van der Waals surface area contributed by atoms with Crippen LogP contribution in [-0.2, 0) is 0 Å². The van der Waals surface area contributed by atoms with Crippen molar-refractivity contribution in [2.75, 3.05) is 44.4 Å². The molecular weight excluding hydrogens is 314 g/mol. The molecule has 0 unspecified atom stereocenters. The van der Waals surface area contributed by atoms with Crippen LogP contribution in [0.1, 0.15) is 17.3 Å². The molecule has 4 rings (SSSR count). The van der Waals surface area contributed by atoms with E-state index in [1.165, 1.54) is 5.56 Å². The van der Waals surface area contributed by atoms with Gasteiger partial charge in [0.15, 0.2) is 0 Å². The number of anilines is 2. The molecule has 2 saturated heterocycles. The summed E-state index contributed by atoms with van der Waals surface area (Å²) in [6.45, 7) is 5.10. The third-order valence-corrected chi connectivity index (χ3v) is 5.53. The summed E-state index contributed by atoms with van der Waals surface area (Å²) >= 11 is 0. The van der Waals surface area contributed by atoms with Gasteiger partial charge in [0, 0.05) is 43.4 Å². The molecular formula is C19H25N5O. The van der Waals surface area contributed by atoms with Gasteiger partial charge in [-0.1, -0.05) is 12.1 Å². The van der Waals surface area contributed by atoms with Crippen molar-refractivity contribution in [2.24, 2.45) is 11.8 Å². The lowest BCUT2D eigenvalue weighted by atomic mass is 9.89. The average molecular weight is 339 g/mol. The highest BCUT2D eigenvalue weighted by atomic mass is 16.5. The van der Waals surface area contributed by atoms with Gasteiger partial charge in [-0.15, -0.1) is 0 Å². The summed E-state index contributed by atoms with van der Waals surface area (Å²) in [6.07, 6.45) is 0. The number of benzene rings is 1. The molecule has 0 saturated carbocycles. The van der Waals surface area contributed by atoms with Gasteiger partial charge in [0.2, 0.25) is 5.95 Å². The molecule has 6 nitrogen and oxygen atoms in total. The normalized spacial score (nSPS) is 26.0. The quantitative estimate of drug-likeness (QED) is 0.924. The minimum absolute atomic E-state index is 0.357. The largest absolute Gasteiger partial charge is 0.497 e. The van der Waals surface area contributed by atoms with Crippen LogP contribution < -0.4 is 15.4 Å². The zero-order valence-corrected chi connectivity index (χ0v) is 15.0. The Bertz CT molecular complexity index is 743. The average Bonchev–Trinajstić information content (AvgIpc) is 3.11. The second-order valence-electron chi connectivity index (χ2n) is 7.21. The lowest BCUT2D eigenvalue weighted by molar-refractivity contribution is 0.279. The minimum atomic E-state index is 0.357. The molecule has 1 aromatic carbocycles. The number of hydrogen-bond acceptors (Lipinski definition) is 6. The van der Waals surface area contributed by atoms with E-state index in [4.69, 9.17) is 10.5 Å². The monoisotopic (exact) mass is 339 g/mol. The topological polar surface area (TPSA) is 67.5 Å². The Morgan fingerprint density at radius 2 is 1.88 bits per heavy atom. The molecule has 6 heteroatoms. The Labute approximate surface area is 148 Å². The van der Waals surface area contributed by atoms with Crippen LogP contribution in [0.4, 0.5) is 11.8 Å². The molecule has 0 bridgehead atoms. The third kappa shape index (κ3) is 2.91. The summed E-state index contributed by atoms with van der Waals surface area (Å²) in [6, 6.07) is 11.0. The molecule has 0 spiro atoms. The summed E-state index contributed by atoms with van der Waals surface area (Å²) < 4.78 is 5.29. The summed E-state index contributed by atoms with van der Waals surface area (Å²) in [5, 5.41) is 0. The van der Waals surface area contributed by atoms with Crippen LogP contribution in [0.3, 0.4) is 0 Å². The summed E-state index contributed by atoms with van der Waals surface area (Å²) in [4.78, 5) is 13.5. The second-order valence-corrected chi connectivity index (χ2v) is 7.21. The fraction of sp³-hybridized carbons (Fsp3) is 0.474. The first kappa shape index (κ1) is 16.1. The van der Waals surface area contributed by atoms with Gasteiger partial charge in [-0.25, -0.2) is 4.98 Å². The number of likely N-dealkylation sites (tertiary alicyclic amines) is 1. The van der Waals surface area contributed by atoms with Crippen LogP contribution in [0.5, 0.6) is 5.75 Å². The molecule has 0 amide bonds. The molecule has 2 aliphatic heterocycles. The van der Waals surface area contributed by atoms with Gasteiger partial charge in [-0.2, -0.15) is 4.98 Å². The molecule has 0 radical (unpaired) electrons. The van der Waals surface area contributed by atoms with Gasteiger partial charge in [-0.05, 0) is 37.6 Å². The van der Waals surface area contributed by atoms with Gasteiger partial charge in [0.1, 0.15) is 11.6 Å². The van der Waals surface area contributed by atoms with Crippen molar-refractivity contribution in [1.82, 2.24) is 14.9 Å². The number of hydrogen-bond donors (Lipinski definition) is 1. The zero-order valence-electron chi connectivity index (χ0n) is 15.0. The van der Waals surface area contributed by atoms with Crippen molar-refractivity contribution in [3.63, 3.8) is 0 Å². The number of rotatable bonds is 3. The van der Waals surface area contributed by atoms with E-state index >= 15 is 0 Å². The first-order valence-electron chi connectivity index (χ1n) is 8.75. The molecule has 2 N–H and O–H groups in total. The highest BCUT2D eigenvalue weighted by molar-refractivity contribution is 5.45. The number of fused-ring (bicyclic) bond motifs is 1. The number of aromatic nitrogens is 2. The molecule has 132 valence electrons. The van der Waals surface area contributed by atoms with Gasteiger partial charge in [0.05, 0.1) is 7.11 Å². The highest BCUT2D eigenvalue weighted by Crippen LogP contribution is 2.45. The standard InChI is InChI=1S/C19H25N5O/c1-12-8-17(22-19(20)21-12)24-10-14-9-23(2)18(16(14)11-24)13-4-6-15(25-3)7-5-13/h4-8,14,16,18H,9-11H2,1-3H3,(H2,20,21,22)/t14-,16+,18-/m0/s1. The maximum absolute atomic E-state index is 5.84. The molecule has 3 heterocycles. The maximum atomic E-state index is 5.84. The Morgan fingerprint density at radius 1 is 1.12 bits per heavy atom. The van der Waals surface area contributed by atoms with Crippen LogP contribution in [-0.4, -0.2) is 48.7 Å². The fourth-order valence-electron chi connectivity index (χ4n) is 4.48. The maximum Gasteiger partial charge on any atom is 0.222 e. The van der Waals surface area contributed by atoms with Crippen LogP contribution in [0.15, 0.2) is 30.3 Å². The first-order valence-corrected chi connectivity index (χ1v) is 8.75. The number of nitrogens with two attached hydrogens (primary N) is 1.